The predicted molar refractivity (Wildman–Crippen MR) is 169 cm³/mol. The monoisotopic (exact) mass is 597 g/mol. The van der Waals surface area contributed by atoms with Gasteiger partial charge in [0, 0.05) is 36.4 Å². The fourth-order valence-corrected chi connectivity index (χ4v) is 4.95. The number of para-hydroxylation sites is 1. The van der Waals surface area contributed by atoms with Gasteiger partial charge in [0.1, 0.15) is 18.1 Å². The summed E-state index contributed by atoms with van der Waals surface area (Å²) in [5.41, 5.74) is 9.29. The van der Waals surface area contributed by atoms with E-state index in [9.17, 15) is 24.3 Å². The minimum Gasteiger partial charge on any atom is -0.480 e. The Kier molecular flexibility index (Phi) is 10.9. The number of aromatic amines is 1. The summed E-state index contributed by atoms with van der Waals surface area (Å²) in [4.78, 5) is 55.8. The van der Waals surface area contributed by atoms with Gasteiger partial charge in [-0.15, -0.1) is 0 Å². The van der Waals surface area contributed by atoms with E-state index in [-0.39, 0.29) is 25.2 Å². The number of nitrogens with two attached hydrogens (primary N) is 1. The van der Waals surface area contributed by atoms with Crippen LogP contribution in [0, 0.1) is 5.92 Å². The van der Waals surface area contributed by atoms with Crippen molar-refractivity contribution in [3.63, 3.8) is 0 Å². The van der Waals surface area contributed by atoms with Crippen molar-refractivity contribution in [1.82, 2.24) is 20.9 Å². The van der Waals surface area contributed by atoms with Crippen molar-refractivity contribution < 1.29 is 24.3 Å². The number of nitrogens with one attached hydrogen (secondary N) is 4. The Morgan fingerprint density at radius 2 is 1.16 bits per heavy atom. The second-order valence-corrected chi connectivity index (χ2v) is 11.2. The van der Waals surface area contributed by atoms with E-state index in [1.165, 1.54) is 0 Å². The maximum atomic E-state index is 13.9. The molecule has 10 heteroatoms. The summed E-state index contributed by atoms with van der Waals surface area (Å²) < 4.78 is 0. The lowest BCUT2D eigenvalue weighted by molar-refractivity contribution is -0.142. The molecule has 0 aliphatic carbocycles. The number of carboxylic acids is 1. The van der Waals surface area contributed by atoms with Gasteiger partial charge in [0.25, 0.3) is 0 Å². The van der Waals surface area contributed by atoms with E-state index < -0.39 is 47.9 Å². The normalized spacial score (nSPS) is 13.9. The zero-order valence-electron chi connectivity index (χ0n) is 24.8. The summed E-state index contributed by atoms with van der Waals surface area (Å²) in [6, 6.07) is 21.4. The van der Waals surface area contributed by atoms with Gasteiger partial charge in [-0.1, -0.05) is 92.7 Å². The van der Waals surface area contributed by atoms with Crippen LogP contribution in [-0.2, 0) is 38.4 Å². The molecule has 0 bridgehead atoms. The van der Waals surface area contributed by atoms with Gasteiger partial charge in [0.15, 0.2) is 0 Å². The molecule has 1 heterocycles. The molecule has 4 unspecified atom stereocenters. The quantitative estimate of drug-likeness (QED) is 0.131. The summed E-state index contributed by atoms with van der Waals surface area (Å²) in [6.45, 7) is 3.63. The van der Waals surface area contributed by atoms with Crippen LogP contribution < -0.4 is 21.7 Å². The van der Waals surface area contributed by atoms with Crippen LogP contribution in [0.4, 0.5) is 0 Å². The van der Waals surface area contributed by atoms with Crippen molar-refractivity contribution >= 4 is 34.6 Å². The highest BCUT2D eigenvalue weighted by Crippen LogP contribution is 2.19. The van der Waals surface area contributed by atoms with E-state index in [1.807, 2.05) is 74.5 Å². The largest absolute Gasteiger partial charge is 0.480 e. The minimum atomic E-state index is -1.22. The molecular weight excluding hydrogens is 558 g/mol. The summed E-state index contributed by atoms with van der Waals surface area (Å²) in [7, 11) is 0. The lowest BCUT2D eigenvalue weighted by Crippen LogP contribution is -2.58. The third-order valence-corrected chi connectivity index (χ3v) is 7.57. The number of fused-ring (bicyclic) bond motifs is 1. The summed E-state index contributed by atoms with van der Waals surface area (Å²) >= 11 is 0. The topological polar surface area (TPSA) is 166 Å². The number of hydrogen-bond acceptors (Lipinski definition) is 5. The second-order valence-electron chi connectivity index (χ2n) is 11.2. The molecule has 4 aromatic rings. The van der Waals surface area contributed by atoms with Crippen molar-refractivity contribution in [3.8, 4) is 0 Å². The van der Waals surface area contributed by atoms with E-state index in [1.54, 1.807) is 30.5 Å². The summed E-state index contributed by atoms with van der Waals surface area (Å²) in [6.07, 6.45) is 2.10. The molecule has 0 aliphatic heterocycles. The molecule has 0 fully saturated rings. The molecule has 3 aromatic carbocycles. The van der Waals surface area contributed by atoms with E-state index in [2.05, 4.69) is 20.9 Å². The Hall–Kier alpha value is -4.96. The molecule has 4 rings (SSSR count). The number of carbonyl (C=O) groups excluding carboxylic acids is 3. The molecule has 0 spiro atoms. The first-order valence-electron chi connectivity index (χ1n) is 14.6. The number of aliphatic carboxylic acids is 1. The highest BCUT2D eigenvalue weighted by atomic mass is 16.4. The van der Waals surface area contributed by atoms with E-state index >= 15 is 0 Å². The number of aromatic nitrogens is 1. The first kappa shape index (κ1) is 32.0. The van der Waals surface area contributed by atoms with Gasteiger partial charge >= 0.3 is 5.97 Å². The maximum absolute atomic E-state index is 13.9. The third kappa shape index (κ3) is 8.54. The van der Waals surface area contributed by atoms with Crippen LogP contribution in [0.5, 0.6) is 0 Å². The molecule has 0 saturated heterocycles. The van der Waals surface area contributed by atoms with Gasteiger partial charge in [-0.25, -0.2) is 4.79 Å². The number of carbonyl (C=O) groups is 4. The van der Waals surface area contributed by atoms with Crippen molar-refractivity contribution in [2.75, 3.05) is 0 Å². The van der Waals surface area contributed by atoms with Crippen LogP contribution in [-0.4, -0.2) is 57.9 Å². The molecule has 44 heavy (non-hydrogen) atoms. The van der Waals surface area contributed by atoms with Crippen molar-refractivity contribution in [2.45, 2.75) is 57.3 Å². The zero-order chi connectivity index (χ0) is 31.6. The molecule has 4 atom stereocenters. The lowest BCUT2D eigenvalue weighted by atomic mass is 10.00. The van der Waals surface area contributed by atoms with Crippen molar-refractivity contribution in [3.05, 3.63) is 108 Å². The number of carboxylic acid groups (broad SMARTS) is 1. The first-order chi connectivity index (χ1) is 21.1. The lowest BCUT2D eigenvalue weighted by Gasteiger charge is -2.26. The van der Waals surface area contributed by atoms with E-state index in [4.69, 9.17) is 5.73 Å². The van der Waals surface area contributed by atoms with Crippen LogP contribution in [0.1, 0.15) is 30.5 Å². The molecule has 3 amide bonds. The second kappa shape index (κ2) is 15.0. The molecule has 0 aliphatic rings. The highest BCUT2D eigenvalue weighted by molar-refractivity contribution is 5.95. The van der Waals surface area contributed by atoms with E-state index in [0.717, 1.165) is 27.6 Å². The fourth-order valence-electron chi connectivity index (χ4n) is 4.95. The molecule has 1 aromatic heterocycles. The predicted octanol–water partition coefficient (Wildman–Crippen LogP) is 2.72. The SMILES string of the molecule is CC(C)C(N)C(=O)NC(Cc1c[nH]c2ccccc12)C(=O)NC(Cc1ccccc1)C(=O)NC(Cc1ccccc1)C(=O)O. The number of amides is 3. The Morgan fingerprint density at radius 1 is 0.682 bits per heavy atom. The van der Waals surface area contributed by atoms with Crippen molar-refractivity contribution in [2.24, 2.45) is 11.7 Å². The van der Waals surface area contributed by atoms with Crippen LogP contribution in [0.3, 0.4) is 0 Å². The van der Waals surface area contributed by atoms with Gasteiger partial charge in [-0.2, -0.15) is 0 Å². The maximum Gasteiger partial charge on any atom is 0.326 e. The van der Waals surface area contributed by atoms with E-state index in [0.29, 0.717) is 0 Å². The van der Waals surface area contributed by atoms with Crippen LogP contribution >= 0.6 is 0 Å². The van der Waals surface area contributed by atoms with Crippen molar-refractivity contribution in [1.29, 1.82) is 0 Å². The number of rotatable bonds is 14. The zero-order valence-corrected chi connectivity index (χ0v) is 24.8. The average Bonchev–Trinajstić information content (AvgIpc) is 3.43. The number of hydrogen-bond donors (Lipinski definition) is 6. The third-order valence-electron chi connectivity index (χ3n) is 7.57. The fraction of sp³-hybridized carbons (Fsp3) is 0.294. The first-order valence-corrected chi connectivity index (χ1v) is 14.6. The Labute approximate surface area is 256 Å². The van der Waals surface area contributed by atoms with Gasteiger partial charge in [-0.3, -0.25) is 14.4 Å². The Morgan fingerprint density at radius 3 is 1.73 bits per heavy atom. The van der Waals surface area contributed by atoms with Crippen LogP contribution in [0.15, 0.2) is 91.1 Å². The molecule has 230 valence electrons. The number of H-pyrrole nitrogens is 1. The van der Waals surface area contributed by atoms with Gasteiger partial charge in [0.2, 0.25) is 17.7 Å². The summed E-state index contributed by atoms with van der Waals surface area (Å²) in [5.74, 6) is -3.09. The minimum absolute atomic E-state index is 0.0697. The van der Waals surface area contributed by atoms with Crippen LogP contribution in [0.25, 0.3) is 10.9 Å². The van der Waals surface area contributed by atoms with Crippen LogP contribution in [0.2, 0.25) is 0 Å². The molecule has 7 N–H and O–H groups in total. The Balaban J connectivity index is 1.59. The van der Waals surface area contributed by atoms with Gasteiger partial charge in [0.05, 0.1) is 6.04 Å². The molecule has 10 nitrogen and oxygen atoms in total. The van der Waals surface area contributed by atoms with Gasteiger partial charge in [-0.05, 0) is 28.7 Å². The highest BCUT2D eigenvalue weighted by Gasteiger charge is 2.31. The molecular formula is C34H39N5O5. The standard InChI is InChI=1S/C34H39N5O5/c1-21(2)30(35)33(42)38-28(19-24-20-36-26-16-10-9-15-25(24)26)32(41)37-27(17-22-11-5-3-6-12-22)31(40)39-29(34(43)44)18-23-13-7-4-8-14-23/h3-16,20-21,27-30,36H,17-19,35H2,1-2H3,(H,37,41)(H,38,42)(H,39,40)(H,43,44). The number of benzene rings is 3. The molecule has 0 saturated carbocycles. The Bertz CT molecular complexity index is 1570. The average molecular weight is 598 g/mol. The van der Waals surface area contributed by atoms with Gasteiger partial charge < -0.3 is 31.8 Å². The molecule has 0 radical (unpaired) electrons. The smallest absolute Gasteiger partial charge is 0.326 e. The summed E-state index contributed by atoms with van der Waals surface area (Å²) in [5, 5.41) is 19.0.